The Morgan fingerprint density at radius 3 is 2.39 bits per heavy atom. The largest absolute Gasteiger partial charge is 0.493 e. The number of hydrogen-bond donors (Lipinski definition) is 1. The first-order valence-electron chi connectivity index (χ1n) is 8.79. The van der Waals surface area contributed by atoms with Crippen molar-refractivity contribution >= 4 is 16.8 Å². The van der Waals surface area contributed by atoms with Gasteiger partial charge in [-0.15, -0.1) is 11.8 Å². The van der Waals surface area contributed by atoms with Crippen LogP contribution in [0, 0.1) is 12.3 Å². The molecule has 146 valence electrons. The molecule has 1 heterocycles. The monoisotopic (exact) mass is 397 g/mol. The molecule has 2 aromatic carbocycles. The number of nitrogens with one attached hydrogen (secondary N) is 1. The van der Waals surface area contributed by atoms with E-state index in [0.717, 1.165) is 16.7 Å². The first kappa shape index (κ1) is 19.9. The van der Waals surface area contributed by atoms with Crippen molar-refractivity contribution in [3.05, 3.63) is 59.5 Å². The van der Waals surface area contributed by atoms with Gasteiger partial charge in [0.2, 0.25) is 11.7 Å². The summed E-state index contributed by atoms with van der Waals surface area (Å²) in [6.45, 7) is 1.77. The number of thioether (sulfide) groups is 1. The van der Waals surface area contributed by atoms with Gasteiger partial charge >= 0.3 is 0 Å². The molecule has 0 radical (unpaired) electrons. The lowest BCUT2D eigenvalue weighted by Crippen LogP contribution is -2.12. The Morgan fingerprint density at radius 2 is 1.82 bits per heavy atom. The maximum Gasteiger partial charge on any atom is 0.223 e. The summed E-state index contributed by atoms with van der Waals surface area (Å²) in [7, 11) is 3.24. The molecule has 1 aromatic heterocycles. The molecule has 1 N–H and O–H groups in total. The molecule has 0 bridgehead atoms. The molecule has 0 aliphatic carbocycles. The molecule has 3 rings (SSSR count). The normalized spacial score (nSPS) is 11.9. The van der Waals surface area contributed by atoms with Crippen LogP contribution in [-0.2, 0) is 6.42 Å². The smallest absolute Gasteiger partial charge is 0.223 e. The Kier molecular flexibility index (Phi) is 6.36. The molecular formula is C21H23N3O3S. The summed E-state index contributed by atoms with van der Waals surface area (Å²) >= 11 is 1.45. The molecule has 1 atom stereocenters. The zero-order valence-electron chi connectivity index (χ0n) is 16.4. The zero-order chi connectivity index (χ0) is 20.1. The van der Waals surface area contributed by atoms with Gasteiger partial charge in [-0.25, -0.2) is 0 Å². The van der Waals surface area contributed by atoms with E-state index in [1.807, 2.05) is 48.7 Å². The van der Waals surface area contributed by atoms with Gasteiger partial charge in [-0.3, -0.25) is 5.41 Å². The molecule has 0 aliphatic rings. The van der Waals surface area contributed by atoms with Crippen LogP contribution < -0.4 is 9.47 Å². The van der Waals surface area contributed by atoms with Crippen LogP contribution in [0.3, 0.4) is 0 Å². The van der Waals surface area contributed by atoms with Crippen molar-refractivity contribution < 1.29 is 14.0 Å². The van der Waals surface area contributed by atoms with E-state index in [2.05, 4.69) is 10.1 Å². The second kappa shape index (κ2) is 8.93. The van der Waals surface area contributed by atoms with Crippen molar-refractivity contribution in [2.24, 2.45) is 0 Å². The van der Waals surface area contributed by atoms with E-state index in [-0.39, 0.29) is 5.92 Å². The molecule has 0 saturated carbocycles. The number of aryl methyl sites for hydroxylation is 1. The highest BCUT2D eigenvalue weighted by Gasteiger charge is 2.20. The lowest BCUT2D eigenvalue weighted by atomic mass is 9.92. The van der Waals surface area contributed by atoms with Gasteiger partial charge in [0.15, 0.2) is 11.5 Å². The van der Waals surface area contributed by atoms with Crippen LogP contribution in [0.25, 0.3) is 11.4 Å². The number of ether oxygens (including phenoxy) is 2. The van der Waals surface area contributed by atoms with Crippen LogP contribution in [-0.4, -0.2) is 35.7 Å². The fraction of sp³-hybridized carbons (Fsp3) is 0.286. The molecule has 7 heteroatoms. The quantitative estimate of drug-likeness (QED) is 0.458. The third-order valence-electron chi connectivity index (χ3n) is 4.53. The summed E-state index contributed by atoms with van der Waals surface area (Å²) in [6.07, 6.45) is 2.64. The summed E-state index contributed by atoms with van der Waals surface area (Å²) in [5, 5.41) is 13.0. The second-order valence-corrected chi connectivity index (χ2v) is 7.12. The topological polar surface area (TPSA) is 81.2 Å². The molecule has 0 aliphatic heterocycles. The third kappa shape index (κ3) is 4.36. The third-order valence-corrected chi connectivity index (χ3v) is 5.25. The van der Waals surface area contributed by atoms with E-state index in [1.54, 1.807) is 21.1 Å². The van der Waals surface area contributed by atoms with E-state index >= 15 is 0 Å². The Balaban J connectivity index is 1.86. The van der Waals surface area contributed by atoms with Crippen LogP contribution in [0.2, 0.25) is 0 Å². The molecule has 3 aromatic rings. The van der Waals surface area contributed by atoms with E-state index in [4.69, 9.17) is 19.4 Å². The summed E-state index contributed by atoms with van der Waals surface area (Å²) in [5.41, 5.74) is 3.06. The van der Waals surface area contributed by atoms with E-state index in [1.165, 1.54) is 11.8 Å². The minimum absolute atomic E-state index is 0.0620. The van der Waals surface area contributed by atoms with Crippen LogP contribution in [0.15, 0.2) is 47.0 Å². The highest BCUT2D eigenvalue weighted by atomic mass is 32.2. The van der Waals surface area contributed by atoms with Gasteiger partial charge in [-0.05, 0) is 35.9 Å². The molecular weight excluding hydrogens is 374 g/mol. The first-order chi connectivity index (χ1) is 13.5. The number of methoxy groups -OCH3 is 2. The van der Waals surface area contributed by atoms with E-state index in [0.29, 0.717) is 34.7 Å². The van der Waals surface area contributed by atoms with Crippen LogP contribution in [0.5, 0.6) is 11.5 Å². The average Bonchev–Trinajstić information content (AvgIpc) is 3.17. The van der Waals surface area contributed by atoms with Gasteiger partial charge < -0.3 is 14.0 Å². The van der Waals surface area contributed by atoms with E-state index in [9.17, 15) is 0 Å². The Bertz CT molecular complexity index is 954. The fourth-order valence-electron chi connectivity index (χ4n) is 3.02. The summed E-state index contributed by atoms with van der Waals surface area (Å²) in [5.74, 6) is 2.41. The predicted octanol–water partition coefficient (Wildman–Crippen LogP) is 4.73. The molecule has 6 nitrogen and oxygen atoms in total. The lowest BCUT2D eigenvalue weighted by molar-refractivity contribution is 0.354. The van der Waals surface area contributed by atoms with Crippen molar-refractivity contribution in [1.29, 1.82) is 5.41 Å². The minimum atomic E-state index is -0.0620. The fourth-order valence-corrected chi connectivity index (χ4v) is 3.52. The summed E-state index contributed by atoms with van der Waals surface area (Å²) in [6, 6.07) is 13.9. The SMILES string of the molecule is COc1ccc(C(Cc2ccc(-c3noc(C)n3)cc2)C(=N)SC)cc1OC. The van der Waals surface area contributed by atoms with Gasteiger partial charge in [0, 0.05) is 18.4 Å². The zero-order valence-corrected chi connectivity index (χ0v) is 17.2. The van der Waals surface area contributed by atoms with Crippen molar-refractivity contribution in [3.8, 4) is 22.9 Å². The van der Waals surface area contributed by atoms with Gasteiger partial charge in [-0.1, -0.05) is 35.5 Å². The van der Waals surface area contributed by atoms with Crippen LogP contribution >= 0.6 is 11.8 Å². The molecule has 1 unspecified atom stereocenters. The molecule has 0 amide bonds. The van der Waals surface area contributed by atoms with Gasteiger partial charge in [0.1, 0.15) is 0 Å². The lowest BCUT2D eigenvalue weighted by Gasteiger charge is -2.19. The molecule has 28 heavy (non-hydrogen) atoms. The first-order valence-corrected chi connectivity index (χ1v) is 10.0. The van der Waals surface area contributed by atoms with Gasteiger partial charge in [0.25, 0.3) is 0 Å². The maximum atomic E-state index is 8.45. The Labute approximate surface area is 168 Å². The van der Waals surface area contributed by atoms with Crippen molar-refractivity contribution in [1.82, 2.24) is 10.1 Å². The number of nitrogens with zero attached hydrogens (tertiary/aromatic N) is 2. The average molecular weight is 398 g/mol. The minimum Gasteiger partial charge on any atom is -0.493 e. The number of aromatic nitrogens is 2. The van der Waals surface area contributed by atoms with Gasteiger partial charge in [0.05, 0.1) is 19.3 Å². The number of rotatable bonds is 7. The highest BCUT2D eigenvalue weighted by molar-refractivity contribution is 8.13. The second-order valence-electron chi connectivity index (χ2n) is 6.27. The van der Waals surface area contributed by atoms with Crippen LogP contribution in [0.4, 0.5) is 0 Å². The van der Waals surface area contributed by atoms with Crippen molar-refractivity contribution in [3.63, 3.8) is 0 Å². The van der Waals surface area contributed by atoms with Crippen molar-refractivity contribution in [2.45, 2.75) is 19.3 Å². The highest BCUT2D eigenvalue weighted by Crippen LogP contribution is 2.34. The summed E-state index contributed by atoms with van der Waals surface area (Å²) in [4.78, 5) is 4.26. The Hall–Kier alpha value is -2.80. The van der Waals surface area contributed by atoms with E-state index < -0.39 is 0 Å². The number of benzene rings is 2. The standard InChI is InChI=1S/C21H23N3O3S/c1-13-23-21(24-27-13)15-7-5-14(6-8-15)11-17(20(22)28-4)16-9-10-18(25-2)19(12-16)26-3/h5-10,12,17,22H,11H2,1-4H3. The van der Waals surface area contributed by atoms with Crippen molar-refractivity contribution in [2.75, 3.05) is 20.5 Å². The number of hydrogen-bond acceptors (Lipinski definition) is 7. The molecule has 0 saturated heterocycles. The summed E-state index contributed by atoms with van der Waals surface area (Å²) < 4.78 is 15.8. The maximum absolute atomic E-state index is 8.45. The predicted molar refractivity (Wildman–Crippen MR) is 112 cm³/mol. The van der Waals surface area contributed by atoms with Crippen LogP contribution in [0.1, 0.15) is 22.9 Å². The molecule has 0 spiro atoms. The molecule has 0 fully saturated rings. The van der Waals surface area contributed by atoms with Gasteiger partial charge in [-0.2, -0.15) is 4.98 Å². The Morgan fingerprint density at radius 1 is 1.11 bits per heavy atom.